The van der Waals surface area contributed by atoms with Gasteiger partial charge in [-0.1, -0.05) is 32.9 Å². The van der Waals surface area contributed by atoms with Gasteiger partial charge in [0.15, 0.2) is 8.32 Å². The van der Waals surface area contributed by atoms with Crippen molar-refractivity contribution in [2.75, 3.05) is 20.3 Å². The van der Waals surface area contributed by atoms with Crippen LogP contribution in [0.25, 0.3) is 0 Å². The zero-order valence-electron chi connectivity index (χ0n) is 18.4. The fourth-order valence-corrected chi connectivity index (χ4v) is 4.84. The summed E-state index contributed by atoms with van der Waals surface area (Å²) in [6.45, 7) is 13.5. The van der Waals surface area contributed by atoms with E-state index >= 15 is 0 Å². The number of rotatable bonds is 6. The Morgan fingerprint density at radius 1 is 1.21 bits per heavy atom. The van der Waals surface area contributed by atoms with Crippen LogP contribution >= 0.6 is 0 Å². The largest absolute Gasteiger partial charge is 0.494 e. The average Bonchev–Trinajstić information content (AvgIpc) is 3.10. The molecule has 1 atom stereocenters. The van der Waals surface area contributed by atoms with Gasteiger partial charge in [-0.3, -0.25) is 0 Å². The molecule has 5 heteroatoms. The first kappa shape index (κ1) is 21.1. The summed E-state index contributed by atoms with van der Waals surface area (Å²) in [5, 5.41) is 0.251. The number of ether oxygens (including phenoxy) is 1. The van der Waals surface area contributed by atoms with Gasteiger partial charge in [-0.25, -0.2) is 4.99 Å². The van der Waals surface area contributed by atoms with Crippen LogP contribution in [0, 0.1) is 0 Å². The van der Waals surface area contributed by atoms with E-state index in [0.717, 1.165) is 36.6 Å². The minimum Gasteiger partial charge on any atom is -0.494 e. The number of para-hydroxylation sites is 2. The summed E-state index contributed by atoms with van der Waals surface area (Å²) in [4.78, 5) is 7.55. The Labute approximate surface area is 171 Å². The van der Waals surface area contributed by atoms with Gasteiger partial charge in [-0.15, -0.1) is 0 Å². The molecule has 1 fully saturated rings. The molecule has 1 aromatic rings. The molecule has 1 aromatic carbocycles. The van der Waals surface area contributed by atoms with E-state index in [1.54, 1.807) is 7.11 Å². The molecule has 3 rings (SSSR count). The van der Waals surface area contributed by atoms with E-state index in [4.69, 9.17) is 14.2 Å². The van der Waals surface area contributed by atoms with Gasteiger partial charge in [0.25, 0.3) is 0 Å². The van der Waals surface area contributed by atoms with Gasteiger partial charge in [0, 0.05) is 43.4 Å². The topological polar surface area (TPSA) is 34.1 Å². The minimum absolute atomic E-state index is 0.251. The highest BCUT2D eigenvalue weighted by molar-refractivity contribution is 6.74. The molecule has 0 N–H and O–H groups in total. The normalized spacial score (nSPS) is 21.6. The van der Waals surface area contributed by atoms with Crippen LogP contribution in [0.5, 0.6) is 5.75 Å². The van der Waals surface area contributed by atoms with Crippen LogP contribution < -0.4 is 4.74 Å². The van der Waals surface area contributed by atoms with E-state index in [-0.39, 0.29) is 5.04 Å². The summed E-state index contributed by atoms with van der Waals surface area (Å²) >= 11 is 0. The van der Waals surface area contributed by atoms with Gasteiger partial charge >= 0.3 is 0 Å². The monoisotopic (exact) mass is 400 g/mol. The summed E-state index contributed by atoms with van der Waals surface area (Å²) in [5.41, 5.74) is 3.47. The molecule has 1 saturated heterocycles. The Kier molecular flexibility index (Phi) is 6.35. The van der Waals surface area contributed by atoms with E-state index < -0.39 is 8.32 Å². The molecule has 0 radical (unpaired) electrons. The number of aliphatic imine (C=N–C) groups is 1. The van der Waals surface area contributed by atoms with Crippen molar-refractivity contribution in [1.82, 2.24) is 4.90 Å². The Balaban J connectivity index is 1.77. The van der Waals surface area contributed by atoms with Gasteiger partial charge in [0.2, 0.25) is 0 Å². The summed E-state index contributed by atoms with van der Waals surface area (Å²) in [6, 6.07) is 8.59. The average molecular weight is 401 g/mol. The number of hydrogen-bond acceptors (Lipinski definition) is 4. The highest BCUT2D eigenvalue weighted by Crippen LogP contribution is 2.37. The molecule has 28 heavy (non-hydrogen) atoms. The van der Waals surface area contributed by atoms with E-state index in [1.807, 2.05) is 24.3 Å². The predicted molar refractivity (Wildman–Crippen MR) is 120 cm³/mol. The van der Waals surface area contributed by atoms with E-state index in [1.165, 1.54) is 25.1 Å². The van der Waals surface area contributed by atoms with Crippen LogP contribution in [0.2, 0.25) is 18.1 Å². The van der Waals surface area contributed by atoms with Crippen molar-refractivity contribution in [2.24, 2.45) is 4.99 Å². The number of methoxy groups -OCH3 is 1. The summed E-state index contributed by atoms with van der Waals surface area (Å²) in [6.07, 6.45) is 6.81. The van der Waals surface area contributed by atoms with Crippen molar-refractivity contribution in [1.29, 1.82) is 0 Å². The predicted octanol–water partition coefficient (Wildman–Crippen LogP) is 5.93. The first-order valence-electron chi connectivity index (χ1n) is 10.5. The van der Waals surface area contributed by atoms with Crippen LogP contribution in [0.1, 0.15) is 46.5 Å². The third kappa shape index (κ3) is 4.69. The second kappa shape index (κ2) is 8.42. The second-order valence-corrected chi connectivity index (χ2v) is 14.3. The van der Waals surface area contributed by atoms with Gasteiger partial charge in [-0.2, -0.15) is 0 Å². The summed E-state index contributed by atoms with van der Waals surface area (Å²) < 4.78 is 11.9. The molecule has 154 valence electrons. The lowest BCUT2D eigenvalue weighted by Crippen LogP contribution is -2.41. The molecule has 0 amide bonds. The van der Waals surface area contributed by atoms with Gasteiger partial charge < -0.3 is 14.1 Å². The molecule has 2 aliphatic rings. The van der Waals surface area contributed by atoms with Crippen LogP contribution in [-0.2, 0) is 4.43 Å². The number of benzene rings is 1. The fraction of sp³-hybridized carbons (Fsp3) is 0.609. The first-order chi connectivity index (χ1) is 13.2. The number of nitrogens with zero attached hydrogens (tertiary/aromatic N) is 2. The molecule has 0 aromatic heterocycles. The Hall–Kier alpha value is -1.59. The molecule has 4 nitrogen and oxygen atoms in total. The Morgan fingerprint density at radius 3 is 2.68 bits per heavy atom. The molecule has 0 bridgehead atoms. The summed E-state index contributed by atoms with van der Waals surface area (Å²) in [7, 11) is 0.000559. The van der Waals surface area contributed by atoms with Crippen LogP contribution in [-0.4, -0.2) is 45.2 Å². The molecular formula is C23H36N2O2Si. The van der Waals surface area contributed by atoms with Crippen molar-refractivity contribution >= 4 is 19.7 Å². The Morgan fingerprint density at radius 2 is 1.96 bits per heavy atom. The van der Waals surface area contributed by atoms with E-state index in [0.29, 0.717) is 6.04 Å². The Bertz CT molecular complexity index is 749. The van der Waals surface area contributed by atoms with E-state index in [9.17, 15) is 0 Å². The lowest BCUT2D eigenvalue weighted by Gasteiger charge is -2.37. The molecule has 0 saturated carbocycles. The fourth-order valence-electron chi connectivity index (χ4n) is 3.80. The zero-order chi connectivity index (χ0) is 20.4. The minimum atomic E-state index is -1.71. The molecular weight excluding hydrogens is 364 g/mol. The smallest absolute Gasteiger partial charge is 0.191 e. The lowest BCUT2D eigenvalue weighted by atomic mass is 10.0. The first-order valence-corrected chi connectivity index (χ1v) is 13.4. The second-order valence-electron chi connectivity index (χ2n) is 9.46. The lowest BCUT2D eigenvalue weighted by molar-refractivity contribution is 0.255. The maximum atomic E-state index is 6.45. The van der Waals surface area contributed by atoms with Crippen molar-refractivity contribution in [3.05, 3.63) is 36.0 Å². The molecule has 2 heterocycles. The van der Waals surface area contributed by atoms with E-state index in [2.05, 4.69) is 44.8 Å². The maximum absolute atomic E-state index is 6.45. The quantitative estimate of drug-likeness (QED) is 0.555. The SMILES string of the molecule is COc1ccccc1N=C1C=C(CCO[Si](C)(C)C(C)(C)C)N2CCC[C@@H]2C1. The molecule has 0 spiro atoms. The van der Waals surface area contributed by atoms with Crippen molar-refractivity contribution in [3.8, 4) is 5.75 Å². The molecule has 0 aliphatic carbocycles. The van der Waals surface area contributed by atoms with Crippen molar-refractivity contribution in [2.45, 2.75) is 70.6 Å². The van der Waals surface area contributed by atoms with Crippen molar-refractivity contribution < 1.29 is 9.16 Å². The van der Waals surface area contributed by atoms with Crippen LogP contribution in [0.4, 0.5) is 5.69 Å². The standard InChI is InChI=1S/C23H36N2O2Si/c1-23(2,3)28(5,6)27-15-13-20-17-18(16-19-10-9-14-25(19)20)24-21-11-7-8-12-22(21)26-4/h7-8,11-12,17,19H,9-10,13-16H2,1-6H3/t19-/m1/s1. The summed E-state index contributed by atoms with van der Waals surface area (Å²) in [5.74, 6) is 0.833. The zero-order valence-corrected chi connectivity index (χ0v) is 19.4. The number of fused-ring (bicyclic) bond motifs is 1. The molecule has 0 unspecified atom stereocenters. The maximum Gasteiger partial charge on any atom is 0.191 e. The van der Waals surface area contributed by atoms with Crippen LogP contribution in [0.15, 0.2) is 41.0 Å². The van der Waals surface area contributed by atoms with Crippen molar-refractivity contribution in [3.63, 3.8) is 0 Å². The molecule has 2 aliphatic heterocycles. The highest BCUT2D eigenvalue weighted by atomic mass is 28.4. The third-order valence-electron chi connectivity index (χ3n) is 6.50. The van der Waals surface area contributed by atoms with Crippen LogP contribution in [0.3, 0.4) is 0 Å². The highest BCUT2D eigenvalue weighted by Gasteiger charge is 2.37. The number of allylic oxidation sites excluding steroid dienone is 1. The third-order valence-corrected chi connectivity index (χ3v) is 11.0. The van der Waals surface area contributed by atoms with Gasteiger partial charge in [-0.05, 0) is 49.2 Å². The number of hydrogen-bond donors (Lipinski definition) is 0. The van der Waals surface area contributed by atoms with Gasteiger partial charge in [0.1, 0.15) is 11.4 Å². The van der Waals surface area contributed by atoms with Gasteiger partial charge in [0.05, 0.1) is 7.11 Å².